The molecule has 0 radical (unpaired) electrons. The van der Waals surface area contributed by atoms with Crippen molar-refractivity contribution in [1.29, 1.82) is 0 Å². The molecular formula is C18H21N5O3. The number of aliphatic hydroxyl groups is 2. The van der Waals surface area contributed by atoms with Crippen LogP contribution in [0.25, 0.3) is 11.2 Å². The molecule has 0 saturated carbocycles. The Morgan fingerprint density at radius 3 is 2.69 bits per heavy atom. The Labute approximate surface area is 150 Å². The lowest BCUT2D eigenvalue weighted by molar-refractivity contribution is -0.0432. The van der Waals surface area contributed by atoms with Gasteiger partial charge in [0.1, 0.15) is 18.7 Å². The summed E-state index contributed by atoms with van der Waals surface area (Å²) in [5.41, 5.74) is 4.47. The summed E-state index contributed by atoms with van der Waals surface area (Å²) in [4.78, 5) is 13.1. The summed E-state index contributed by atoms with van der Waals surface area (Å²) in [6.07, 6.45) is 1.76. The van der Waals surface area contributed by atoms with Crippen LogP contribution in [0.4, 0.5) is 11.5 Å². The molecule has 3 aromatic rings. The molecule has 1 aromatic carbocycles. The molecule has 8 nitrogen and oxygen atoms in total. The Bertz CT molecular complexity index is 921. The Hall–Kier alpha value is -2.55. The van der Waals surface area contributed by atoms with Gasteiger partial charge in [-0.1, -0.05) is 18.2 Å². The smallest absolute Gasteiger partial charge is 0.167 e. The van der Waals surface area contributed by atoms with Crippen LogP contribution in [0.5, 0.6) is 0 Å². The second kappa shape index (κ2) is 6.64. The molecule has 1 aliphatic heterocycles. The number of benzene rings is 1. The first-order valence-electron chi connectivity index (χ1n) is 8.53. The summed E-state index contributed by atoms with van der Waals surface area (Å²) < 4.78 is 7.48. The highest BCUT2D eigenvalue weighted by atomic mass is 16.5. The summed E-state index contributed by atoms with van der Waals surface area (Å²) in [7, 11) is 0. The number of para-hydroxylation sites is 1. The van der Waals surface area contributed by atoms with Crippen LogP contribution in [0, 0.1) is 13.8 Å². The monoisotopic (exact) mass is 355 g/mol. The highest BCUT2D eigenvalue weighted by Crippen LogP contribution is 2.32. The summed E-state index contributed by atoms with van der Waals surface area (Å²) in [5.74, 6) is 0.614. The van der Waals surface area contributed by atoms with Crippen LogP contribution in [0.15, 0.2) is 30.9 Å². The quantitative estimate of drug-likeness (QED) is 0.655. The van der Waals surface area contributed by atoms with E-state index in [1.54, 1.807) is 10.9 Å². The SMILES string of the molecule is Cc1cccc(C)c1Nc1ncnc2c1ncn2C1C[C@H](O)[C@@H](CO)O1. The average molecular weight is 355 g/mol. The molecule has 1 saturated heterocycles. The molecule has 8 heteroatoms. The van der Waals surface area contributed by atoms with Crippen LogP contribution in [-0.2, 0) is 4.74 Å². The number of nitrogens with one attached hydrogen (secondary N) is 1. The van der Waals surface area contributed by atoms with Crippen molar-refractivity contribution in [2.45, 2.75) is 38.7 Å². The van der Waals surface area contributed by atoms with E-state index in [4.69, 9.17) is 4.74 Å². The molecule has 1 fully saturated rings. The van der Waals surface area contributed by atoms with Gasteiger partial charge in [-0.25, -0.2) is 15.0 Å². The maximum atomic E-state index is 9.98. The molecule has 1 unspecified atom stereocenters. The van der Waals surface area contributed by atoms with E-state index >= 15 is 0 Å². The predicted octanol–water partition coefficient (Wildman–Crippen LogP) is 1.83. The van der Waals surface area contributed by atoms with Crippen molar-refractivity contribution >= 4 is 22.7 Å². The van der Waals surface area contributed by atoms with Gasteiger partial charge < -0.3 is 20.3 Å². The number of aromatic nitrogens is 4. The molecule has 0 spiro atoms. The van der Waals surface area contributed by atoms with Crippen molar-refractivity contribution in [3.63, 3.8) is 0 Å². The zero-order valence-electron chi connectivity index (χ0n) is 14.6. The van der Waals surface area contributed by atoms with E-state index in [9.17, 15) is 10.2 Å². The minimum absolute atomic E-state index is 0.224. The lowest BCUT2D eigenvalue weighted by Gasteiger charge is -2.14. The fourth-order valence-corrected chi connectivity index (χ4v) is 3.33. The fourth-order valence-electron chi connectivity index (χ4n) is 3.33. The summed E-state index contributed by atoms with van der Waals surface area (Å²) in [6, 6.07) is 6.09. The Balaban J connectivity index is 1.70. The van der Waals surface area contributed by atoms with Crippen LogP contribution >= 0.6 is 0 Å². The Morgan fingerprint density at radius 2 is 2.00 bits per heavy atom. The number of ether oxygens (including phenoxy) is 1. The first-order chi connectivity index (χ1) is 12.6. The molecular weight excluding hydrogens is 334 g/mol. The van der Waals surface area contributed by atoms with Gasteiger partial charge in [0.05, 0.1) is 19.0 Å². The number of anilines is 2. The van der Waals surface area contributed by atoms with Gasteiger partial charge in [-0.15, -0.1) is 0 Å². The van der Waals surface area contributed by atoms with Crippen LogP contribution < -0.4 is 5.32 Å². The predicted molar refractivity (Wildman–Crippen MR) is 96.1 cm³/mol. The highest BCUT2D eigenvalue weighted by molar-refractivity contribution is 5.86. The molecule has 3 heterocycles. The molecule has 0 bridgehead atoms. The first kappa shape index (κ1) is 16.9. The van der Waals surface area contributed by atoms with Gasteiger partial charge in [0.2, 0.25) is 0 Å². The number of fused-ring (bicyclic) bond motifs is 1. The standard InChI is InChI=1S/C18H21N5O3/c1-10-4-3-5-11(2)15(10)22-17-16-18(20-8-19-17)23(9-21-16)14-6-12(25)13(7-24)26-14/h3-5,8-9,12-14,24-25H,6-7H2,1-2H3,(H,19,20,22)/t12-,13+,14?/m0/s1. The summed E-state index contributed by atoms with van der Waals surface area (Å²) in [6.45, 7) is 3.85. The largest absolute Gasteiger partial charge is 0.394 e. The number of hydrogen-bond acceptors (Lipinski definition) is 7. The number of rotatable bonds is 4. The second-order valence-corrected chi connectivity index (χ2v) is 6.55. The fraction of sp³-hybridized carbons (Fsp3) is 0.389. The highest BCUT2D eigenvalue weighted by Gasteiger charge is 2.35. The maximum Gasteiger partial charge on any atom is 0.167 e. The van der Waals surface area contributed by atoms with Gasteiger partial charge in [-0.2, -0.15) is 0 Å². The lowest BCUT2D eigenvalue weighted by atomic mass is 10.1. The number of nitrogens with zero attached hydrogens (tertiary/aromatic N) is 4. The van der Waals surface area contributed by atoms with Gasteiger partial charge in [-0.05, 0) is 25.0 Å². The first-order valence-corrected chi connectivity index (χ1v) is 8.53. The van der Waals surface area contributed by atoms with Crippen molar-refractivity contribution in [1.82, 2.24) is 19.5 Å². The van der Waals surface area contributed by atoms with E-state index in [2.05, 4.69) is 20.3 Å². The van der Waals surface area contributed by atoms with E-state index < -0.39 is 18.4 Å². The molecule has 3 N–H and O–H groups in total. The van der Waals surface area contributed by atoms with Gasteiger partial charge in [0.15, 0.2) is 17.0 Å². The lowest BCUT2D eigenvalue weighted by Crippen LogP contribution is -2.24. The third-order valence-electron chi connectivity index (χ3n) is 4.78. The van der Waals surface area contributed by atoms with Gasteiger partial charge in [0.25, 0.3) is 0 Å². The van der Waals surface area contributed by atoms with Crippen LogP contribution in [0.3, 0.4) is 0 Å². The van der Waals surface area contributed by atoms with Crippen LogP contribution in [-0.4, -0.2) is 48.5 Å². The molecule has 3 atom stereocenters. The third-order valence-corrected chi connectivity index (χ3v) is 4.78. The summed E-state index contributed by atoms with van der Waals surface area (Å²) in [5, 5.41) is 22.6. The number of hydrogen-bond donors (Lipinski definition) is 3. The third kappa shape index (κ3) is 2.82. The van der Waals surface area contributed by atoms with E-state index in [1.165, 1.54) is 6.33 Å². The Kier molecular flexibility index (Phi) is 4.31. The minimum atomic E-state index is -0.712. The van der Waals surface area contributed by atoms with E-state index in [0.29, 0.717) is 23.4 Å². The van der Waals surface area contributed by atoms with E-state index in [-0.39, 0.29) is 6.61 Å². The zero-order chi connectivity index (χ0) is 18.3. The molecule has 136 valence electrons. The second-order valence-electron chi connectivity index (χ2n) is 6.55. The molecule has 2 aromatic heterocycles. The van der Waals surface area contributed by atoms with Crippen LogP contribution in [0.1, 0.15) is 23.8 Å². The van der Waals surface area contributed by atoms with Crippen molar-refractivity contribution in [3.05, 3.63) is 42.0 Å². The van der Waals surface area contributed by atoms with Crippen molar-refractivity contribution in [2.24, 2.45) is 0 Å². The number of aliphatic hydroxyl groups excluding tert-OH is 2. The molecule has 26 heavy (non-hydrogen) atoms. The van der Waals surface area contributed by atoms with Gasteiger partial charge >= 0.3 is 0 Å². The number of aryl methyl sites for hydroxylation is 2. The molecule has 0 aliphatic carbocycles. The summed E-state index contributed by atoms with van der Waals surface area (Å²) >= 11 is 0. The van der Waals surface area contributed by atoms with Gasteiger partial charge in [0, 0.05) is 12.1 Å². The topological polar surface area (TPSA) is 105 Å². The minimum Gasteiger partial charge on any atom is -0.394 e. The molecule has 4 rings (SSSR count). The molecule has 1 aliphatic rings. The van der Waals surface area contributed by atoms with Crippen molar-refractivity contribution in [3.8, 4) is 0 Å². The number of imidazole rings is 1. The molecule has 0 amide bonds. The average Bonchev–Trinajstić information content (AvgIpc) is 3.21. The van der Waals surface area contributed by atoms with E-state index in [0.717, 1.165) is 16.8 Å². The van der Waals surface area contributed by atoms with Crippen LogP contribution in [0.2, 0.25) is 0 Å². The van der Waals surface area contributed by atoms with Crippen molar-refractivity contribution in [2.75, 3.05) is 11.9 Å². The maximum absolute atomic E-state index is 9.98. The Morgan fingerprint density at radius 1 is 1.23 bits per heavy atom. The zero-order valence-corrected chi connectivity index (χ0v) is 14.6. The normalized spacial score (nSPS) is 22.8. The van der Waals surface area contributed by atoms with Crippen molar-refractivity contribution < 1.29 is 14.9 Å². The van der Waals surface area contributed by atoms with E-state index in [1.807, 2.05) is 32.0 Å². The van der Waals surface area contributed by atoms with Gasteiger partial charge in [-0.3, -0.25) is 4.57 Å².